The molecule has 0 radical (unpaired) electrons. The average molecular weight is 436 g/mol. The monoisotopic (exact) mass is 435 g/mol. The third-order valence-electron chi connectivity index (χ3n) is 6.53. The van der Waals surface area contributed by atoms with Gasteiger partial charge in [0.05, 0.1) is 29.8 Å². The molecule has 1 aliphatic carbocycles. The molecule has 0 spiro atoms. The molecule has 168 valence electrons. The van der Waals surface area contributed by atoms with E-state index >= 15 is 0 Å². The zero-order valence-electron chi connectivity index (χ0n) is 18.7. The van der Waals surface area contributed by atoms with Crippen LogP contribution in [0.2, 0.25) is 0 Å². The molecule has 5 rings (SSSR count). The number of rotatable bonds is 7. The number of halogens is 1. The van der Waals surface area contributed by atoms with E-state index in [2.05, 4.69) is 24.5 Å². The summed E-state index contributed by atoms with van der Waals surface area (Å²) in [6.07, 6.45) is 2.97. The van der Waals surface area contributed by atoms with E-state index in [-0.39, 0.29) is 17.9 Å². The SMILES string of the molecule is CC(C)CCn1c(CN2C(=O)N(C3CC3)Cc3c(F)cccc32)nc2cc(CN)ccc21. The van der Waals surface area contributed by atoms with Gasteiger partial charge in [0.1, 0.15) is 11.6 Å². The van der Waals surface area contributed by atoms with Crippen LogP contribution in [0.3, 0.4) is 0 Å². The van der Waals surface area contributed by atoms with Crippen LogP contribution in [0, 0.1) is 11.7 Å². The molecule has 1 aliphatic heterocycles. The first-order chi connectivity index (χ1) is 15.5. The molecular formula is C25H30FN5O. The van der Waals surface area contributed by atoms with Gasteiger partial charge in [-0.2, -0.15) is 0 Å². The Labute approximate surface area is 187 Å². The van der Waals surface area contributed by atoms with Crippen molar-refractivity contribution < 1.29 is 9.18 Å². The van der Waals surface area contributed by atoms with Crippen molar-refractivity contribution >= 4 is 22.8 Å². The van der Waals surface area contributed by atoms with Gasteiger partial charge in [-0.05, 0) is 55.0 Å². The maximum atomic E-state index is 14.7. The van der Waals surface area contributed by atoms with E-state index in [1.807, 2.05) is 23.1 Å². The van der Waals surface area contributed by atoms with E-state index < -0.39 is 0 Å². The van der Waals surface area contributed by atoms with Crippen molar-refractivity contribution in [1.29, 1.82) is 0 Å². The number of benzene rings is 2. The molecule has 32 heavy (non-hydrogen) atoms. The number of imidazole rings is 1. The van der Waals surface area contributed by atoms with Crippen LogP contribution in [0.15, 0.2) is 36.4 Å². The molecule has 0 bridgehead atoms. The van der Waals surface area contributed by atoms with Crippen LogP contribution in [0.25, 0.3) is 11.0 Å². The van der Waals surface area contributed by atoms with Crippen LogP contribution in [0.4, 0.5) is 14.9 Å². The molecule has 0 saturated heterocycles. The highest BCUT2D eigenvalue weighted by molar-refractivity contribution is 5.95. The van der Waals surface area contributed by atoms with Crippen LogP contribution < -0.4 is 10.6 Å². The average Bonchev–Trinajstić information content (AvgIpc) is 3.55. The number of aromatic nitrogens is 2. The molecule has 1 aromatic heterocycles. The largest absolute Gasteiger partial charge is 0.326 e. The lowest BCUT2D eigenvalue weighted by atomic mass is 10.1. The van der Waals surface area contributed by atoms with Gasteiger partial charge < -0.3 is 15.2 Å². The van der Waals surface area contributed by atoms with E-state index in [1.165, 1.54) is 6.07 Å². The van der Waals surface area contributed by atoms with E-state index in [0.717, 1.165) is 48.2 Å². The smallest absolute Gasteiger partial charge is 0.325 e. The van der Waals surface area contributed by atoms with Gasteiger partial charge in [-0.1, -0.05) is 26.0 Å². The summed E-state index contributed by atoms with van der Waals surface area (Å²) < 4.78 is 16.9. The molecule has 0 unspecified atom stereocenters. The maximum Gasteiger partial charge on any atom is 0.325 e. The summed E-state index contributed by atoms with van der Waals surface area (Å²) in [7, 11) is 0. The number of hydrogen-bond acceptors (Lipinski definition) is 3. The van der Waals surface area contributed by atoms with E-state index in [4.69, 9.17) is 10.7 Å². The number of urea groups is 1. The number of aryl methyl sites for hydroxylation is 1. The topological polar surface area (TPSA) is 67.4 Å². The van der Waals surface area contributed by atoms with E-state index in [9.17, 15) is 9.18 Å². The maximum absolute atomic E-state index is 14.7. The minimum absolute atomic E-state index is 0.0595. The molecule has 6 nitrogen and oxygen atoms in total. The number of carbonyl (C=O) groups is 1. The Morgan fingerprint density at radius 2 is 2.03 bits per heavy atom. The molecule has 2 N–H and O–H groups in total. The third kappa shape index (κ3) is 3.75. The number of hydrogen-bond donors (Lipinski definition) is 1. The van der Waals surface area contributed by atoms with Crippen molar-refractivity contribution in [2.24, 2.45) is 11.7 Å². The predicted octanol–water partition coefficient (Wildman–Crippen LogP) is 4.78. The Morgan fingerprint density at radius 1 is 1.22 bits per heavy atom. The Morgan fingerprint density at radius 3 is 2.75 bits per heavy atom. The van der Waals surface area contributed by atoms with Crippen molar-refractivity contribution in [2.75, 3.05) is 4.90 Å². The van der Waals surface area contributed by atoms with E-state index in [1.54, 1.807) is 11.0 Å². The third-order valence-corrected chi connectivity index (χ3v) is 6.53. The highest BCUT2D eigenvalue weighted by Gasteiger charge is 2.40. The van der Waals surface area contributed by atoms with Crippen LogP contribution in [0.1, 0.15) is 50.1 Å². The minimum Gasteiger partial charge on any atom is -0.326 e. The fourth-order valence-corrected chi connectivity index (χ4v) is 4.53. The summed E-state index contributed by atoms with van der Waals surface area (Å²) in [6, 6.07) is 11.3. The van der Waals surface area contributed by atoms with Crippen molar-refractivity contribution in [3.63, 3.8) is 0 Å². The predicted molar refractivity (Wildman–Crippen MR) is 124 cm³/mol. The molecular weight excluding hydrogens is 405 g/mol. The summed E-state index contributed by atoms with van der Waals surface area (Å²) in [5.41, 5.74) is 10.0. The molecule has 2 aromatic carbocycles. The van der Waals surface area contributed by atoms with Gasteiger partial charge >= 0.3 is 6.03 Å². The molecule has 2 amide bonds. The van der Waals surface area contributed by atoms with Gasteiger partial charge in [-0.3, -0.25) is 4.90 Å². The summed E-state index contributed by atoms with van der Waals surface area (Å²) in [5, 5.41) is 0. The lowest BCUT2D eigenvalue weighted by Gasteiger charge is -2.37. The molecule has 2 heterocycles. The van der Waals surface area contributed by atoms with E-state index in [0.29, 0.717) is 36.8 Å². The summed E-state index contributed by atoms with van der Waals surface area (Å²) >= 11 is 0. The Balaban J connectivity index is 1.57. The Hall–Kier alpha value is -2.93. The quantitative estimate of drug-likeness (QED) is 0.580. The van der Waals surface area contributed by atoms with Gasteiger partial charge in [-0.25, -0.2) is 14.2 Å². The van der Waals surface area contributed by atoms with Crippen molar-refractivity contribution in [2.45, 2.75) is 65.3 Å². The number of amides is 2. The normalized spacial score (nSPS) is 16.3. The number of carbonyl (C=O) groups excluding carboxylic acids is 1. The lowest BCUT2D eigenvalue weighted by molar-refractivity contribution is 0.193. The highest BCUT2D eigenvalue weighted by atomic mass is 19.1. The number of nitrogens with two attached hydrogens (primary N) is 1. The lowest BCUT2D eigenvalue weighted by Crippen LogP contribution is -2.48. The Kier molecular flexibility index (Phi) is 5.37. The summed E-state index contributed by atoms with van der Waals surface area (Å²) in [5.74, 6) is 1.10. The van der Waals surface area contributed by atoms with Crippen LogP contribution in [-0.2, 0) is 26.2 Å². The van der Waals surface area contributed by atoms with Crippen molar-refractivity contribution in [1.82, 2.24) is 14.5 Å². The molecule has 3 aromatic rings. The first-order valence-corrected chi connectivity index (χ1v) is 11.5. The second-order valence-corrected chi connectivity index (χ2v) is 9.35. The Bertz CT molecular complexity index is 1170. The fourth-order valence-electron chi connectivity index (χ4n) is 4.53. The molecule has 7 heteroatoms. The number of fused-ring (bicyclic) bond motifs is 2. The summed E-state index contributed by atoms with van der Waals surface area (Å²) in [4.78, 5) is 21.9. The fraction of sp³-hybridized carbons (Fsp3) is 0.440. The van der Waals surface area contributed by atoms with Gasteiger partial charge in [0.2, 0.25) is 0 Å². The minimum atomic E-state index is -0.258. The number of anilines is 1. The zero-order valence-corrected chi connectivity index (χ0v) is 18.7. The molecule has 0 atom stereocenters. The molecule has 1 saturated carbocycles. The van der Waals surface area contributed by atoms with Crippen LogP contribution in [0.5, 0.6) is 0 Å². The second kappa shape index (κ2) is 8.20. The molecule has 2 aliphatic rings. The highest BCUT2D eigenvalue weighted by Crippen LogP contribution is 2.38. The molecule has 1 fully saturated rings. The van der Waals surface area contributed by atoms with Gasteiger partial charge in [0.15, 0.2) is 0 Å². The standard InChI is InChI=1S/C25H30FN5O/c1-16(2)10-11-29-23-9-6-17(13-27)12-21(23)28-24(29)15-31-22-5-3-4-20(26)19(22)14-30(25(31)32)18-7-8-18/h3-6,9,12,16,18H,7-8,10-11,13-15,27H2,1-2H3. The van der Waals surface area contributed by atoms with Crippen LogP contribution >= 0.6 is 0 Å². The van der Waals surface area contributed by atoms with Crippen molar-refractivity contribution in [3.8, 4) is 0 Å². The van der Waals surface area contributed by atoms with Gasteiger partial charge in [0, 0.05) is 24.7 Å². The first kappa shape index (κ1) is 20.9. The van der Waals surface area contributed by atoms with Crippen LogP contribution in [-0.4, -0.2) is 26.5 Å². The number of nitrogens with zero attached hydrogens (tertiary/aromatic N) is 4. The zero-order chi connectivity index (χ0) is 22.4. The van der Waals surface area contributed by atoms with Gasteiger partial charge in [0.25, 0.3) is 0 Å². The first-order valence-electron chi connectivity index (χ1n) is 11.5. The second-order valence-electron chi connectivity index (χ2n) is 9.35. The van der Waals surface area contributed by atoms with Gasteiger partial charge in [-0.15, -0.1) is 0 Å². The summed E-state index contributed by atoms with van der Waals surface area (Å²) in [6.45, 7) is 6.32. The van der Waals surface area contributed by atoms with Crippen molar-refractivity contribution in [3.05, 3.63) is 59.2 Å².